The lowest BCUT2D eigenvalue weighted by Crippen LogP contribution is -2.60. The molecular weight excluding hydrogens is 260 g/mol. The molecule has 1 saturated heterocycles. The smallest absolute Gasteiger partial charge is 0.305 e. The van der Waals surface area contributed by atoms with E-state index in [0.29, 0.717) is 0 Å². The maximum Gasteiger partial charge on any atom is 0.305 e. The van der Waals surface area contributed by atoms with E-state index in [9.17, 15) is 18.0 Å². The van der Waals surface area contributed by atoms with Gasteiger partial charge in [-0.25, -0.2) is 8.42 Å². The predicted molar refractivity (Wildman–Crippen MR) is 64.4 cm³/mol. The lowest BCUT2D eigenvalue weighted by molar-refractivity contribution is -0.141. The zero-order chi connectivity index (χ0) is 14.1. The van der Waals surface area contributed by atoms with Crippen molar-refractivity contribution in [2.75, 3.05) is 13.1 Å². The van der Waals surface area contributed by atoms with Crippen molar-refractivity contribution in [3.63, 3.8) is 0 Å². The lowest BCUT2D eigenvalue weighted by Gasteiger charge is -2.37. The molecule has 1 heterocycles. The Hall–Kier alpha value is -1.15. The van der Waals surface area contributed by atoms with Crippen LogP contribution in [0, 0.1) is 0 Å². The molecule has 1 aliphatic heterocycles. The van der Waals surface area contributed by atoms with Crippen molar-refractivity contribution >= 4 is 21.9 Å². The quantitative estimate of drug-likeness (QED) is 0.716. The van der Waals surface area contributed by atoms with Crippen LogP contribution in [0.15, 0.2) is 0 Å². The summed E-state index contributed by atoms with van der Waals surface area (Å²) in [6, 6.07) is -1.17. The lowest BCUT2D eigenvalue weighted by atomic mass is 10.1. The second-order valence-electron chi connectivity index (χ2n) is 5.13. The molecule has 1 amide bonds. The normalized spacial score (nSPS) is 22.6. The Morgan fingerprint density at radius 1 is 1.50 bits per heavy atom. The Labute approximate surface area is 106 Å². The van der Waals surface area contributed by atoms with E-state index in [1.807, 2.05) is 0 Å². The van der Waals surface area contributed by atoms with Crippen molar-refractivity contribution in [2.24, 2.45) is 0 Å². The fraction of sp³-hybridized carbons (Fsp3) is 0.800. The second kappa shape index (κ2) is 4.85. The highest BCUT2D eigenvalue weighted by molar-refractivity contribution is 7.90. The van der Waals surface area contributed by atoms with Crippen LogP contribution in [0.1, 0.15) is 27.2 Å². The van der Waals surface area contributed by atoms with E-state index in [-0.39, 0.29) is 13.1 Å². The van der Waals surface area contributed by atoms with Gasteiger partial charge in [0.15, 0.2) is 0 Å². The summed E-state index contributed by atoms with van der Waals surface area (Å²) in [6.07, 6.45) is -0.527. The number of nitrogens with zero attached hydrogens (tertiary/aromatic N) is 1. The molecule has 0 aromatic carbocycles. The number of amides is 1. The fourth-order valence-corrected chi connectivity index (χ4v) is 3.23. The van der Waals surface area contributed by atoms with Gasteiger partial charge in [0.25, 0.3) is 0 Å². The molecule has 0 aliphatic carbocycles. The zero-order valence-electron chi connectivity index (χ0n) is 10.6. The van der Waals surface area contributed by atoms with Crippen LogP contribution in [0.2, 0.25) is 0 Å². The Balaban J connectivity index is 3.11. The highest BCUT2D eigenvalue weighted by Crippen LogP contribution is 2.24. The number of rotatable bonds is 3. The molecular formula is C10H18N2O5S. The summed E-state index contributed by atoms with van der Waals surface area (Å²) in [4.78, 5) is 22.4. The van der Waals surface area contributed by atoms with Crippen molar-refractivity contribution in [3.8, 4) is 0 Å². The number of aliphatic carboxylic acids is 1. The van der Waals surface area contributed by atoms with Gasteiger partial charge in [-0.05, 0) is 20.8 Å². The van der Waals surface area contributed by atoms with E-state index >= 15 is 0 Å². The Morgan fingerprint density at radius 3 is 2.50 bits per heavy atom. The van der Waals surface area contributed by atoms with Crippen molar-refractivity contribution in [1.82, 2.24) is 9.62 Å². The molecule has 7 nitrogen and oxygen atoms in total. The number of carboxylic acid groups (broad SMARTS) is 1. The molecule has 0 spiro atoms. The summed E-state index contributed by atoms with van der Waals surface area (Å²) in [5.41, 5.74) is 0. The van der Waals surface area contributed by atoms with Crippen LogP contribution >= 0.6 is 0 Å². The molecule has 104 valence electrons. The molecule has 0 aromatic rings. The Bertz CT molecular complexity index is 451. The first kappa shape index (κ1) is 14.9. The number of nitrogens with one attached hydrogen (secondary N) is 1. The van der Waals surface area contributed by atoms with E-state index in [1.165, 1.54) is 20.8 Å². The van der Waals surface area contributed by atoms with Crippen LogP contribution in [0.3, 0.4) is 0 Å². The summed E-state index contributed by atoms with van der Waals surface area (Å²) < 4.78 is 24.5. The highest BCUT2D eigenvalue weighted by atomic mass is 32.2. The maximum atomic E-state index is 12.3. The summed E-state index contributed by atoms with van der Waals surface area (Å²) in [5, 5.41) is 11.3. The van der Waals surface area contributed by atoms with E-state index in [0.717, 1.165) is 4.31 Å². The first-order chi connectivity index (χ1) is 8.07. The minimum atomic E-state index is -3.72. The third kappa shape index (κ3) is 2.81. The number of piperazine rings is 1. The Kier molecular flexibility index (Phi) is 4.02. The number of hydrogen-bond acceptors (Lipinski definition) is 4. The van der Waals surface area contributed by atoms with Crippen LogP contribution in [-0.2, 0) is 19.6 Å². The average Bonchev–Trinajstić information content (AvgIpc) is 2.18. The summed E-state index contributed by atoms with van der Waals surface area (Å²) in [7, 11) is -3.72. The van der Waals surface area contributed by atoms with Gasteiger partial charge in [-0.3, -0.25) is 9.59 Å². The standard InChI is InChI=1S/C10H18N2O5S/c1-10(2,3)18(16,17)12-5-4-11-9(15)7(12)6-8(13)14/h7H,4-6H2,1-3H3,(H,11,15)(H,13,14). The maximum absolute atomic E-state index is 12.3. The molecule has 1 fully saturated rings. The molecule has 2 N–H and O–H groups in total. The fourth-order valence-electron chi connectivity index (χ4n) is 1.69. The zero-order valence-corrected chi connectivity index (χ0v) is 11.5. The Morgan fingerprint density at radius 2 is 2.06 bits per heavy atom. The molecule has 0 radical (unpaired) electrons. The van der Waals surface area contributed by atoms with E-state index < -0.39 is 39.1 Å². The number of carboxylic acids is 1. The number of hydrogen-bond donors (Lipinski definition) is 2. The summed E-state index contributed by atoms with van der Waals surface area (Å²) in [5.74, 6) is -1.76. The molecule has 1 aliphatic rings. The van der Waals surface area contributed by atoms with Crippen molar-refractivity contribution in [2.45, 2.75) is 38.0 Å². The van der Waals surface area contributed by atoms with Crippen molar-refractivity contribution < 1.29 is 23.1 Å². The van der Waals surface area contributed by atoms with Gasteiger partial charge in [0.2, 0.25) is 15.9 Å². The van der Waals surface area contributed by atoms with Gasteiger partial charge in [-0.2, -0.15) is 4.31 Å². The second-order valence-corrected chi connectivity index (χ2v) is 7.78. The number of sulfonamides is 1. The summed E-state index contributed by atoms with van der Waals surface area (Å²) in [6.45, 7) is 4.86. The molecule has 1 rings (SSSR count). The molecule has 0 bridgehead atoms. The molecule has 0 saturated carbocycles. The molecule has 1 unspecified atom stereocenters. The van der Waals surface area contributed by atoms with Crippen molar-refractivity contribution in [1.29, 1.82) is 0 Å². The summed E-state index contributed by atoms with van der Waals surface area (Å²) >= 11 is 0. The highest BCUT2D eigenvalue weighted by Gasteiger charge is 2.44. The minimum Gasteiger partial charge on any atom is -0.481 e. The first-order valence-electron chi connectivity index (χ1n) is 5.58. The molecule has 18 heavy (non-hydrogen) atoms. The van der Waals surface area contributed by atoms with E-state index in [1.54, 1.807) is 0 Å². The monoisotopic (exact) mass is 278 g/mol. The van der Waals surface area contributed by atoms with Gasteiger partial charge >= 0.3 is 5.97 Å². The van der Waals surface area contributed by atoms with Crippen LogP contribution in [0.4, 0.5) is 0 Å². The SMILES string of the molecule is CC(C)(C)S(=O)(=O)N1CCNC(=O)C1CC(=O)O. The third-order valence-corrected chi connectivity index (χ3v) is 5.33. The third-order valence-electron chi connectivity index (χ3n) is 2.73. The largest absolute Gasteiger partial charge is 0.481 e. The van der Waals surface area contributed by atoms with Gasteiger partial charge in [0, 0.05) is 13.1 Å². The van der Waals surface area contributed by atoms with E-state index in [2.05, 4.69) is 5.32 Å². The topological polar surface area (TPSA) is 104 Å². The van der Waals surface area contributed by atoms with E-state index in [4.69, 9.17) is 5.11 Å². The van der Waals surface area contributed by atoms with Gasteiger partial charge in [0.1, 0.15) is 6.04 Å². The first-order valence-corrected chi connectivity index (χ1v) is 7.02. The van der Waals surface area contributed by atoms with Gasteiger partial charge in [-0.15, -0.1) is 0 Å². The van der Waals surface area contributed by atoms with Gasteiger partial charge in [-0.1, -0.05) is 0 Å². The van der Waals surface area contributed by atoms with Gasteiger partial charge < -0.3 is 10.4 Å². The van der Waals surface area contributed by atoms with Crippen molar-refractivity contribution in [3.05, 3.63) is 0 Å². The molecule has 1 atom stereocenters. The predicted octanol–water partition coefficient (Wildman–Crippen LogP) is -0.610. The average molecular weight is 278 g/mol. The molecule has 8 heteroatoms. The number of carbonyl (C=O) groups excluding carboxylic acids is 1. The molecule has 0 aromatic heterocycles. The minimum absolute atomic E-state index is 0.100. The van der Waals surface area contributed by atoms with Crippen LogP contribution < -0.4 is 5.32 Å². The van der Waals surface area contributed by atoms with Crippen LogP contribution in [-0.4, -0.2) is 53.6 Å². The van der Waals surface area contributed by atoms with Crippen LogP contribution in [0.5, 0.6) is 0 Å². The van der Waals surface area contributed by atoms with Crippen LogP contribution in [0.25, 0.3) is 0 Å². The number of carbonyl (C=O) groups is 2. The van der Waals surface area contributed by atoms with Gasteiger partial charge in [0.05, 0.1) is 11.2 Å².